The number of aliphatic hydroxyl groups excluding tert-OH is 1. The van der Waals surface area contributed by atoms with Gasteiger partial charge >= 0.3 is 5.97 Å². The molecule has 200 valence electrons. The number of esters is 1. The number of hydrogen-bond acceptors (Lipinski definition) is 8. The fourth-order valence-electron chi connectivity index (χ4n) is 6.57. The number of amides is 2. The SMILES string of the molecule is CC[C@]12C=CCCOC(=O)[C@H]1[C@H]1C(=O)N(CCCO)C3C(=O)N(Cn4nnc5ccccc54)CC=C[C@@]31O2. The molecule has 1 aromatic carbocycles. The van der Waals surface area contributed by atoms with Gasteiger partial charge in [-0.25, -0.2) is 4.68 Å². The predicted molar refractivity (Wildman–Crippen MR) is 134 cm³/mol. The Labute approximate surface area is 219 Å². The molecular formula is C27H31N5O6. The number of aromatic nitrogens is 3. The van der Waals surface area contributed by atoms with Crippen LogP contribution in [0.15, 0.2) is 48.6 Å². The molecule has 0 saturated carbocycles. The highest BCUT2D eigenvalue weighted by molar-refractivity contribution is 5.99. The number of carbonyl (C=O) groups excluding carboxylic acids is 3. The average Bonchev–Trinajstić information content (AvgIpc) is 3.48. The molecule has 11 nitrogen and oxygen atoms in total. The maximum Gasteiger partial charge on any atom is 0.313 e. The number of carbonyl (C=O) groups is 3. The lowest BCUT2D eigenvalue weighted by atomic mass is 9.73. The van der Waals surface area contributed by atoms with Crippen molar-refractivity contribution in [2.75, 3.05) is 26.3 Å². The third-order valence-electron chi connectivity index (χ3n) is 8.27. The summed E-state index contributed by atoms with van der Waals surface area (Å²) in [5.41, 5.74) is -0.916. The van der Waals surface area contributed by atoms with Gasteiger partial charge in [-0.3, -0.25) is 14.4 Å². The summed E-state index contributed by atoms with van der Waals surface area (Å²) >= 11 is 0. The maximum atomic E-state index is 14.3. The van der Waals surface area contributed by atoms with E-state index in [0.29, 0.717) is 24.8 Å². The molecule has 4 aliphatic heterocycles. The first-order valence-electron chi connectivity index (χ1n) is 13.2. The van der Waals surface area contributed by atoms with Gasteiger partial charge < -0.3 is 24.4 Å². The van der Waals surface area contributed by atoms with E-state index >= 15 is 0 Å². The highest BCUT2D eigenvalue weighted by Crippen LogP contribution is 2.58. The lowest BCUT2D eigenvalue weighted by Crippen LogP contribution is -2.56. The van der Waals surface area contributed by atoms with Gasteiger partial charge in [0, 0.05) is 19.7 Å². The van der Waals surface area contributed by atoms with Gasteiger partial charge in [0.15, 0.2) is 0 Å². The first-order valence-corrected chi connectivity index (χ1v) is 13.2. The molecule has 1 aromatic heterocycles. The van der Waals surface area contributed by atoms with Gasteiger partial charge in [0.2, 0.25) is 5.91 Å². The zero-order valence-electron chi connectivity index (χ0n) is 21.2. The fourth-order valence-corrected chi connectivity index (χ4v) is 6.57. The molecule has 0 radical (unpaired) electrons. The van der Waals surface area contributed by atoms with Crippen molar-refractivity contribution in [1.29, 1.82) is 0 Å². The van der Waals surface area contributed by atoms with Gasteiger partial charge in [0.05, 0.1) is 18.0 Å². The van der Waals surface area contributed by atoms with Gasteiger partial charge in [0.1, 0.15) is 35.3 Å². The van der Waals surface area contributed by atoms with E-state index in [4.69, 9.17) is 9.47 Å². The molecule has 5 atom stereocenters. The van der Waals surface area contributed by atoms with Crippen LogP contribution in [0, 0.1) is 11.8 Å². The summed E-state index contributed by atoms with van der Waals surface area (Å²) in [7, 11) is 0. The van der Waals surface area contributed by atoms with E-state index in [0.717, 1.165) is 5.52 Å². The first kappa shape index (κ1) is 24.7. The molecule has 38 heavy (non-hydrogen) atoms. The van der Waals surface area contributed by atoms with Crippen LogP contribution >= 0.6 is 0 Å². The Morgan fingerprint density at radius 2 is 1.95 bits per heavy atom. The van der Waals surface area contributed by atoms with Crippen LogP contribution in [-0.2, 0) is 30.5 Å². The Morgan fingerprint density at radius 3 is 2.76 bits per heavy atom. The van der Waals surface area contributed by atoms with Crippen molar-refractivity contribution in [2.45, 2.75) is 50.1 Å². The number of nitrogens with zero attached hydrogens (tertiary/aromatic N) is 5. The highest BCUT2D eigenvalue weighted by atomic mass is 16.6. The molecule has 0 aliphatic carbocycles. The van der Waals surface area contributed by atoms with Crippen LogP contribution in [0.4, 0.5) is 0 Å². The third-order valence-corrected chi connectivity index (χ3v) is 8.27. The van der Waals surface area contributed by atoms with E-state index in [9.17, 15) is 19.5 Å². The number of fused-ring (bicyclic) bond motifs is 3. The zero-order valence-corrected chi connectivity index (χ0v) is 21.2. The molecule has 5 heterocycles. The molecule has 6 rings (SSSR count). The lowest BCUT2D eigenvalue weighted by molar-refractivity contribution is -0.162. The van der Waals surface area contributed by atoms with E-state index in [1.807, 2.05) is 49.4 Å². The number of ether oxygens (including phenoxy) is 2. The Bertz CT molecular complexity index is 1340. The summed E-state index contributed by atoms with van der Waals surface area (Å²) in [6, 6.07) is 6.49. The molecule has 1 spiro atoms. The van der Waals surface area contributed by atoms with Crippen molar-refractivity contribution in [3.8, 4) is 0 Å². The van der Waals surface area contributed by atoms with E-state index in [1.165, 1.54) is 4.90 Å². The second-order valence-corrected chi connectivity index (χ2v) is 10.3. The minimum absolute atomic E-state index is 0.132. The largest absolute Gasteiger partial charge is 0.465 e. The number of rotatable bonds is 6. The fraction of sp³-hybridized carbons (Fsp3) is 0.519. The Balaban J connectivity index is 1.43. The Morgan fingerprint density at radius 1 is 1.11 bits per heavy atom. The molecule has 1 N–H and O–H groups in total. The third kappa shape index (κ3) is 3.52. The van der Waals surface area contributed by atoms with Gasteiger partial charge in [0.25, 0.3) is 5.91 Å². The predicted octanol–water partition coefficient (Wildman–Crippen LogP) is 1.03. The van der Waals surface area contributed by atoms with E-state index in [2.05, 4.69) is 10.3 Å². The summed E-state index contributed by atoms with van der Waals surface area (Å²) in [6.07, 6.45) is 8.74. The summed E-state index contributed by atoms with van der Waals surface area (Å²) in [5, 5.41) is 18.0. The molecular weight excluding hydrogens is 490 g/mol. The van der Waals surface area contributed by atoms with Crippen LogP contribution in [0.5, 0.6) is 0 Å². The van der Waals surface area contributed by atoms with Crippen molar-refractivity contribution >= 4 is 28.8 Å². The number of cyclic esters (lactones) is 1. The number of likely N-dealkylation sites (tertiary alicyclic amines) is 1. The summed E-state index contributed by atoms with van der Waals surface area (Å²) in [4.78, 5) is 44.9. The maximum absolute atomic E-state index is 14.3. The Kier molecular flexibility index (Phi) is 6.07. The zero-order chi connectivity index (χ0) is 26.5. The normalized spacial score (nSPS) is 32.6. The van der Waals surface area contributed by atoms with Gasteiger partial charge in [-0.2, -0.15) is 0 Å². The second-order valence-electron chi connectivity index (χ2n) is 10.3. The van der Waals surface area contributed by atoms with Crippen LogP contribution in [-0.4, -0.2) is 91.2 Å². The van der Waals surface area contributed by atoms with E-state index in [-0.39, 0.29) is 44.8 Å². The minimum Gasteiger partial charge on any atom is -0.465 e. The van der Waals surface area contributed by atoms with Gasteiger partial charge in [-0.15, -0.1) is 5.10 Å². The molecule has 2 amide bonds. The van der Waals surface area contributed by atoms with E-state index in [1.54, 1.807) is 15.7 Å². The monoisotopic (exact) mass is 521 g/mol. The number of aliphatic hydroxyl groups is 1. The second kappa shape index (κ2) is 9.32. The van der Waals surface area contributed by atoms with E-state index < -0.39 is 35.0 Å². The molecule has 2 saturated heterocycles. The van der Waals surface area contributed by atoms with Gasteiger partial charge in [-0.1, -0.05) is 48.6 Å². The summed E-state index contributed by atoms with van der Waals surface area (Å²) in [6.45, 7) is 2.57. The van der Waals surface area contributed by atoms with Crippen LogP contribution in [0.3, 0.4) is 0 Å². The molecule has 1 unspecified atom stereocenters. The van der Waals surface area contributed by atoms with Gasteiger partial charge in [-0.05, 0) is 31.4 Å². The standard InChI is InChI=1S/C27H31N5O6/c1-2-26-11-5-6-16-37-25(36)21(26)20-23(34)31(14-8-15-33)22-24(35)30(13-7-12-27(20,22)38-26)17-32-19-10-4-3-9-18(19)28-29-32/h3-5,7,9-12,20-22,33H,2,6,8,13-17H2,1H3/t20-,21+,22?,26-,27-/m0/s1. The van der Waals surface area contributed by atoms with Crippen LogP contribution in [0.25, 0.3) is 11.0 Å². The average molecular weight is 522 g/mol. The molecule has 4 aliphatic rings. The molecule has 0 bridgehead atoms. The minimum atomic E-state index is -1.35. The quantitative estimate of drug-likeness (QED) is 0.441. The topological polar surface area (TPSA) is 127 Å². The first-order chi connectivity index (χ1) is 18.5. The summed E-state index contributed by atoms with van der Waals surface area (Å²) < 4.78 is 14.0. The molecule has 11 heteroatoms. The van der Waals surface area contributed by atoms with Crippen LogP contribution < -0.4 is 0 Å². The van der Waals surface area contributed by atoms with Crippen molar-refractivity contribution in [3.05, 3.63) is 48.6 Å². The smallest absolute Gasteiger partial charge is 0.313 e. The Hall–Kier alpha value is -3.57. The van der Waals surface area contributed by atoms with Crippen molar-refractivity contribution in [1.82, 2.24) is 24.8 Å². The van der Waals surface area contributed by atoms with Crippen LogP contribution in [0.1, 0.15) is 26.2 Å². The number of benzene rings is 1. The summed E-state index contributed by atoms with van der Waals surface area (Å²) in [5.74, 6) is -2.93. The number of para-hydroxylation sites is 1. The number of hydrogen-bond donors (Lipinski definition) is 1. The molecule has 2 aromatic rings. The van der Waals surface area contributed by atoms with Crippen molar-refractivity contribution in [2.24, 2.45) is 11.8 Å². The van der Waals surface area contributed by atoms with Crippen LogP contribution in [0.2, 0.25) is 0 Å². The molecule has 2 fully saturated rings. The lowest BCUT2D eigenvalue weighted by Gasteiger charge is -2.38. The van der Waals surface area contributed by atoms with Crippen molar-refractivity contribution < 1.29 is 29.0 Å². The van der Waals surface area contributed by atoms with Crippen molar-refractivity contribution in [3.63, 3.8) is 0 Å². The highest BCUT2D eigenvalue weighted by Gasteiger charge is 2.75.